The number of aliphatic carboxylic acids is 2. The number of Topliss-reactive ketones (excluding diaryl/α,β-unsaturated/α-hetero) is 1. The number of ether oxygens (including phenoxy) is 2. The molecule has 0 aromatic heterocycles. The molecule has 9 nitrogen and oxygen atoms in total. The average molecular weight is 896 g/mol. The monoisotopic (exact) mass is 895 g/mol. The third-order valence-electron chi connectivity index (χ3n) is 8.25. The van der Waals surface area contributed by atoms with E-state index in [-0.39, 0.29) is 18.4 Å². The van der Waals surface area contributed by atoms with Crippen LogP contribution >= 0.6 is 64.8 Å². The predicted octanol–water partition coefficient (Wildman–Crippen LogP) is 12.4. The average Bonchev–Trinajstić information content (AvgIpc) is 3.18. The fraction of sp³-hybridized carbons (Fsp3) is 0.900. The number of carbonyl (C=O) groups excluding carboxylic acids is 2. The smallest absolute Gasteiger partial charge is 0.306 e. The molecule has 0 heterocycles. The fourth-order valence-electron chi connectivity index (χ4n) is 4.93. The molecule has 0 aromatic carbocycles. The summed E-state index contributed by atoms with van der Waals surface area (Å²) in [6.45, 7) is 3.43. The van der Waals surface area contributed by atoms with Gasteiger partial charge in [0.25, 0.3) is 0 Å². The summed E-state index contributed by atoms with van der Waals surface area (Å²) in [5, 5.41) is 20.2. The molecule has 15 heteroatoms. The Morgan fingerprint density at radius 2 is 0.873 bits per heavy atom. The SMILES string of the molecule is CSSC.CSSC.CSSC.C[C@@H](CCCCNC(=O)COCCOCCCC(=O)CCCCCCCCCCCCCCCCCCC(=O)O)C(=O)O. The lowest BCUT2D eigenvalue weighted by atomic mass is 10.0. The number of carboxylic acid groups (broad SMARTS) is 2. The van der Waals surface area contributed by atoms with Gasteiger partial charge in [-0.1, -0.05) is 168 Å². The quantitative estimate of drug-likeness (QED) is 0.0402. The number of hydrogen-bond acceptors (Lipinski definition) is 12. The van der Waals surface area contributed by atoms with Gasteiger partial charge >= 0.3 is 11.9 Å². The van der Waals surface area contributed by atoms with Crippen LogP contribution in [0.25, 0.3) is 0 Å². The van der Waals surface area contributed by atoms with Gasteiger partial charge in [0.05, 0.1) is 19.1 Å². The molecule has 0 aromatic rings. The highest BCUT2D eigenvalue weighted by Gasteiger charge is 2.10. The largest absolute Gasteiger partial charge is 0.481 e. The summed E-state index contributed by atoms with van der Waals surface area (Å²) < 4.78 is 10.8. The first-order chi connectivity index (χ1) is 26.6. The summed E-state index contributed by atoms with van der Waals surface area (Å²) in [5.41, 5.74) is 0. The first-order valence-electron chi connectivity index (χ1n) is 20.2. The van der Waals surface area contributed by atoms with E-state index in [1.807, 2.05) is 0 Å². The van der Waals surface area contributed by atoms with Crippen LogP contribution in [0.2, 0.25) is 0 Å². The number of hydrogen-bond donors (Lipinski definition) is 3. The van der Waals surface area contributed by atoms with Crippen molar-refractivity contribution in [2.75, 3.05) is 70.5 Å². The first-order valence-corrected chi connectivity index (χ1v) is 29.1. The Morgan fingerprint density at radius 1 is 0.491 bits per heavy atom. The standard InChI is InChI=1S/C34H63NO8.3C2H6S2/c1-30(34(40)41)21-18-19-25-35-32(37)29-43-28-27-42-26-20-23-31(36)22-16-14-12-10-8-6-4-2-3-5-7-9-11-13-15-17-24-33(38)39;3*1-3-4-2/h30H,2-29H2,1H3,(H,35,37)(H,38,39)(H,40,41);3*1-2H3/t30-;;;/m0.../s1. The molecule has 0 spiro atoms. The van der Waals surface area contributed by atoms with E-state index < -0.39 is 11.9 Å². The van der Waals surface area contributed by atoms with Crippen molar-refractivity contribution in [2.24, 2.45) is 5.92 Å². The number of ketones is 1. The van der Waals surface area contributed by atoms with Crippen LogP contribution in [0.15, 0.2) is 0 Å². The van der Waals surface area contributed by atoms with Gasteiger partial charge in [0, 0.05) is 32.4 Å². The molecule has 1 atom stereocenters. The van der Waals surface area contributed by atoms with Crippen molar-refractivity contribution in [3.05, 3.63) is 0 Å². The summed E-state index contributed by atoms with van der Waals surface area (Å²) in [6, 6.07) is 0. The summed E-state index contributed by atoms with van der Waals surface area (Å²) in [4.78, 5) is 45.0. The minimum Gasteiger partial charge on any atom is -0.481 e. The molecule has 0 unspecified atom stereocenters. The van der Waals surface area contributed by atoms with Crippen molar-refractivity contribution < 1.29 is 38.9 Å². The number of carbonyl (C=O) groups is 4. The van der Waals surface area contributed by atoms with Crippen LogP contribution in [-0.4, -0.2) is 104 Å². The Hall–Kier alpha value is 0.1000. The lowest BCUT2D eigenvalue weighted by Crippen LogP contribution is -2.29. The third kappa shape index (κ3) is 66.2. The predicted molar refractivity (Wildman–Crippen MR) is 251 cm³/mol. The van der Waals surface area contributed by atoms with Gasteiger partial charge in [0.2, 0.25) is 5.91 Å². The molecule has 0 saturated heterocycles. The highest BCUT2D eigenvalue weighted by atomic mass is 33.1. The summed E-state index contributed by atoms with van der Waals surface area (Å²) in [5.74, 6) is -1.69. The highest BCUT2D eigenvalue weighted by molar-refractivity contribution is 8.76. The summed E-state index contributed by atoms with van der Waals surface area (Å²) in [7, 11) is 10.6. The Bertz CT molecular complexity index is 802. The van der Waals surface area contributed by atoms with Crippen molar-refractivity contribution >= 4 is 88.4 Å². The zero-order valence-corrected chi connectivity index (χ0v) is 40.6. The number of carboxylic acids is 2. The van der Waals surface area contributed by atoms with E-state index in [1.165, 1.54) is 77.0 Å². The topological polar surface area (TPSA) is 139 Å². The lowest BCUT2D eigenvalue weighted by Gasteiger charge is -2.08. The molecular weight excluding hydrogens is 815 g/mol. The molecule has 0 rings (SSSR count). The van der Waals surface area contributed by atoms with E-state index >= 15 is 0 Å². The molecular formula is C40H81NO8S6. The maximum Gasteiger partial charge on any atom is 0.306 e. The zero-order chi connectivity index (χ0) is 42.0. The Kier molecular flexibility index (Phi) is 63.1. The Morgan fingerprint density at radius 3 is 1.27 bits per heavy atom. The van der Waals surface area contributed by atoms with Crippen LogP contribution in [0.3, 0.4) is 0 Å². The van der Waals surface area contributed by atoms with Crippen LogP contribution in [0.4, 0.5) is 0 Å². The fourth-order valence-corrected chi connectivity index (χ4v) is 4.93. The molecule has 55 heavy (non-hydrogen) atoms. The number of rotatable bonds is 37. The minimum absolute atomic E-state index is 0.0187. The molecule has 0 aliphatic rings. The Balaban J connectivity index is -0.000000937. The molecule has 1 amide bonds. The maximum atomic E-state index is 12.1. The second kappa shape index (κ2) is 56.2. The Labute approximate surface area is 361 Å². The van der Waals surface area contributed by atoms with Gasteiger partial charge in [0.15, 0.2) is 0 Å². The van der Waals surface area contributed by atoms with E-state index in [0.29, 0.717) is 64.3 Å². The lowest BCUT2D eigenvalue weighted by molar-refractivity contribution is -0.141. The second-order valence-corrected chi connectivity index (χ2v) is 20.9. The summed E-state index contributed by atoms with van der Waals surface area (Å²) in [6.07, 6.45) is 36.1. The number of unbranched alkanes of at least 4 members (excludes halogenated alkanes) is 16. The first kappa shape index (κ1) is 61.8. The molecule has 0 aliphatic carbocycles. The normalized spacial score (nSPS) is 10.9. The van der Waals surface area contributed by atoms with E-state index in [4.69, 9.17) is 19.7 Å². The van der Waals surface area contributed by atoms with Crippen molar-refractivity contribution in [2.45, 2.75) is 155 Å². The maximum absolute atomic E-state index is 12.1. The van der Waals surface area contributed by atoms with Crippen molar-refractivity contribution in [1.29, 1.82) is 0 Å². The molecule has 0 fully saturated rings. The second-order valence-electron chi connectivity index (χ2n) is 12.9. The van der Waals surface area contributed by atoms with Gasteiger partial charge in [-0.3, -0.25) is 19.2 Å². The van der Waals surface area contributed by atoms with E-state index in [0.717, 1.165) is 38.5 Å². The van der Waals surface area contributed by atoms with Gasteiger partial charge in [-0.25, -0.2) is 0 Å². The van der Waals surface area contributed by atoms with Crippen molar-refractivity contribution in [3.63, 3.8) is 0 Å². The summed E-state index contributed by atoms with van der Waals surface area (Å²) >= 11 is 0. The van der Waals surface area contributed by atoms with Crippen LogP contribution in [0.1, 0.15) is 155 Å². The molecule has 0 radical (unpaired) electrons. The van der Waals surface area contributed by atoms with E-state index in [1.54, 1.807) is 71.7 Å². The van der Waals surface area contributed by atoms with Crippen LogP contribution in [0, 0.1) is 5.92 Å². The highest BCUT2D eigenvalue weighted by Crippen LogP contribution is 2.15. The molecule has 0 saturated carbocycles. The minimum atomic E-state index is -0.787. The molecule has 0 aliphatic heterocycles. The van der Waals surface area contributed by atoms with Crippen molar-refractivity contribution in [1.82, 2.24) is 5.32 Å². The molecule has 330 valence electrons. The zero-order valence-electron chi connectivity index (χ0n) is 35.7. The van der Waals surface area contributed by atoms with Crippen LogP contribution < -0.4 is 5.32 Å². The molecule has 0 bridgehead atoms. The van der Waals surface area contributed by atoms with Gasteiger partial charge in [-0.2, -0.15) is 0 Å². The van der Waals surface area contributed by atoms with Crippen LogP contribution in [0.5, 0.6) is 0 Å². The van der Waals surface area contributed by atoms with Gasteiger partial charge in [0.1, 0.15) is 12.4 Å². The van der Waals surface area contributed by atoms with E-state index in [2.05, 4.69) is 42.9 Å². The number of amides is 1. The van der Waals surface area contributed by atoms with Crippen molar-refractivity contribution in [3.8, 4) is 0 Å². The number of nitrogens with one attached hydrogen (secondary N) is 1. The van der Waals surface area contributed by atoms with Gasteiger partial charge < -0.3 is 25.0 Å². The van der Waals surface area contributed by atoms with E-state index in [9.17, 15) is 19.2 Å². The molecule has 3 N–H and O–H groups in total. The van der Waals surface area contributed by atoms with Gasteiger partial charge in [-0.05, 0) is 69.6 Å². The third-order valence-corrected chi connectivity index (χ3v) is 12.3. The van der Waals surface area contributed by atoms with Gasteiger partial charge in [-0.15, -0.1) is 0 Å². The van der Waals surface area contributed by atoms with Crippen LogP contribution in [-0.2, 0) is 28.7 Å².